The molecule has 7 heteroatoms. The molecule has 2 fully saturated rings. The van der Waals surface area contributed by atoms with Crippen molar-refractivity contribution in [2.75, 3.05) is 31.6 Å². The number of hydrogen-bond donors (Lipinski definition) is 2. The number of nitrogens with one attached hydrogen (secondary N) is 1. The van der Waals surface area contributed by atoms with Crippen LogP contribution in [-0.4, -0.2) is 43.2 Å². The van der Waals surface area contributed by atoms with Crippen molar-refractivity contribution in [3.8, 4) is 0 Å². The number of rotatable bonds is 5. The van der Waals surface area contributed by atoms with Gasteiger partial charge in [-0.2, -0.15) is 0 Å². The van der Waals surface area contributed by atoms with Gasteiger partial charge in [0.25, 0.3) is 0 Å². The van der Waals surface area contributed by atoms with Crippen LogP contribution < -0.4 is 11.1 Å². The number of morpholine rings is 1. The first kappa shape index (κ1) is 22.2. The van der Waals surface area contributed by atoms with E-state index in [2.05, 4.69) is 22.3 Å². The molecule has 25 heavy (non-hydrogen) atoms. The highest BCUT2D eigenvalue weighted by atomic mass is 35.5. The smallest absolute Gasteiger partial charge is 0.224 e. The number of benzene rings is 1. The average Bonchev–Trinajstić information content (AvgIpc) is 2.93. The van der Waals surface area contributed by atoms with Gasteiger partial charge in [0.2, 0.25) is 5.91 Å². The van der Waals surface area contributed by atoms with E-state index in [0.717, 1.165) is 57.8 Å². The third-order valence-corrected chi connectivity index (χ3v) is 4.89. The Kier molecular flexibility index (Phi) is 9.75. The van der Waals surface area contributed by atoms with Crippen molar-refractivity contribution in [2.45, 2.75) is 38.3 Å². The maximum Gasteiger partial charge on any atom is 0.224 e. The number of halogens is 2. The predicted octanol–water partition coefficient (Wildman–Crippen LogP) is 2.82. The van der Waals surface area contributed by atoms with Gasteiger partial charge in [-0.3, -0.25) is 9.69 Å². The van der Waals surface area contributed by atoms with Crippen LogP contribution in [0.1, 0.15) is 31.2 Å². The number of ether oxygens (including phenoxy) is 1. The molecule has 3 N–H and O–H groups in total. The van der Waals surface area contributed by atoms with Crippen LogP contribution in [0.3, 0.4) is 0 Å². The van der Waals surface area contributed by atoms with E-state index in [4.69, 9.17) is 10.5 Å². The van der Waals surface area contributed by atoms with Gasteiger partial charge in [0.05, 0.1) is 13.2 Å². The third kappa shape index (κ3) is 6.76. The molecular formula is C18H29Cl2N3O2. The average molecular weight is 390 g/mol. The van der Waals surface area contributed by atoms with Crippen LogP contribution in [0.4, 0.5) is 5.69 Å². The van der Waals surface area contributed by atoms with Gasteiger partial charge in [-0.05, 0) is 36.5 Å². The highest BCUT2D eigenvalue weighted by Gasteiger charge is 2.26. The number of amides is 1. The Morgan fingerprint density at radius 1 is 1.24 bits per heavy atom. The van der Waals surface area contributed by atoms with Gasteiger partial charge in [-0.1, -0.05) is 18.6 Å². The molecule has 0 aromatic heterocycles. The predicted molar refractivity (Wildman–Crippen MR) is 106 cm³/mol. The number of nitrogens with two attached hydrogens (primary N) is 1. The zero-order chi connectivity index (χ0) is 16.1. The fourth-order valence-corrected chi connectivity index (χ4v) is 3.53. The summed E-state index contributed by atoms with van der Waals surface area (Å²) in [5.41, 5.74) is 8.16. The van der Waals surface area contributed by atoms with Gasteiger partial charge in [0.1, 0.15) is 0 Å². The van der Waals surface area contributed by atoms with Crippen molar-refractivity contribution in [3.05, 3.63) is 29.8 Å². The molecule has 3 rings (SSSR count). The maximum absolute atomic E-state index is 12.2. The zero-order valence-electron chi connectivity index (χ0n) is 14.5. The van der Waals surface area contributed by atoms with Crippen molar-refractivity contribution in [1.82, 2.24) is 4.90 Å². The number of carbonyl (C=O) groups excluding carboxylic acids is 1. The fraction of sp³-hybridized carbons (Fsp3) is 0.611. The minimum Gasteiger partial charge on any atom is -0.379 e. The van der Waals surface area contributed by atoms with E-state index >= 15 is 0 Å². The molecule has 1 saturated carbocycles. The second kappa shape index (κ2) is 11.0. The van der Waals surface area contributed by atoms with Gasteiger partial charge in [-0.25, -0.2) is 0 Å². The van der Waals surface area contributed by atoms with E-state index in [0.29, 0.717) is 12.3 Å². The first-order valence-corrected chi connectivity index (χ1v) is 8.65. The Morgan fingerprint density at radius 2 is 2.00 bits per heavy atom. The molecule has 2 atom stereocenters. The summed E-state index contributed by atoms with van der Waals surface area (Å²) >= 11 is 0. The molecule has 0 radical (unpaired) electrons. The lowest BCUT2D eigenvalue weighted by atomic mass is 10.00. The standard InChI is InChI=1S/C18H27N3O2.2ClH/c19-17-6-2-4-15(17)12-18(22)20-16-5-1-3-14(11-16)13-21-7-9-23-10-8-21;;/h1,3,5,11,15,17H,2,4,6-10,12-13,19H2,(H,20,22);2*1H/t15-,17+;;/m0../s1. The second-order valence-electron chi connectivity index (χ2n) is 6.70. The Morgan fingerprint density at radius 3 is 2.68 bits per heavy atom. The van der Waals surface area contributed by atoms with Crippen LogP contribution in [0.5, 0.6) is 0 Å². The van der Waals surface area contributed by atoms with E-state index in [1.165, 1.54) is 5.56 Å². The SMILES string of the molecule is Cl.Cl.N[C@@H]1CCC[C@H]1CC(=O)Nc1cccc(CN2CCOCC2)c1. The van der Waals surface area contributed by atoms with Crippen LogP contribution in [0.15, 0.2) is 24.3 Å². The Bertz CT molecular complexity index is 539. The van der Waals surface area contributed by atoms with Gasteiger partial charge < -0.3 is 15.8 Å². The molecule has 0 spiro atoms. The summed E-state index contributed by atoms with van der Waals surface area (Å²) in [6.07, 6.45) is 3.81. The molecule has 2 aliphatic rings. The van der Waals surface area contributed by atoms with E-state index in [9.17, 15) is 4.79 Å². The van der Waals surface area contributed by atoms with Crippen LogP contribution >= 0.6 is 24.8 Å². The Hall–Kier alpha value is -0.850. The number of nitrogens with zero attached hydrogens (tertiary/aromatic N) is 1. The molecule has 1 aromatic rings. The van der Waals surface area contributed by atoms with Crippen LogP contribution in [0, 0.1) is 5.92 Å². The number of hydrogen-bond acceptors (Lipinski definition) is 4. The molecule has 1 aliphatic carbocycles. The largest absolute Gasteiger partial charge is 0.379 e. The van der Waals surface area contributed by atoms with E-state index in [1.54, 1.807) is 0 Å². The first-order chi connectivity index (χ1) is 11.2. The molecule has 0 bridgehead atoms. The quantitative estimate of drug-likeness (QED) is 0.812. The van der Waals surface area contributed by atoms with Gasteiger partial charge >= 0.3 is 0 Å². The van der Waals surface area contributed by atoms with E-state index in [-0.39, 0.29) is 36.8 Å². The molecule has 1 saturated heterocycles. The lowest BCUT2D eigenvalue weighted by Crippen LogP contribution is -2.35. The lowest BCUT2D eigenvalue weighted by molar-refractivity contribution is -0.117. The molecule has 1 amide bonds. The topological polar surface area (TPSA) is 67.6 Å². The van der Waals surface area contributed by atoms with Crippen LogP contribution in [-0.2, 0) is 16.1 Å². The Labute approximate surface area is 162 Å². The fourth-order valence-electron chi connectivity index (χ4n) is 3.53. The Balaban J connectivity index is 0.00000156. The van der Waals surface area contributed by atoms with Gasteiger partial charge in [0, 0.05) is 37.8 Å². The molecule has 142 valence electrons. The molecule has 0 unspecified atom stereocenters. The summed E-state index contributed by atoms with van der Waals surface area (Å²) in [6, 6.07) is 8.33. The second-order valence-corrected chi connectivity index (χ2v) is 6.70. The summed E-state index contributed by atoms with van der Waals surface area (Å²) in [6.45, 7) is 4.45. The first-order valence-electron chi connectivity index (χ1n) is 8.65. The summed E-state index contributed by atoms with van der Waals surface area (Å²) in [7, 11) is 0. The summed E-state index contributed by atoms with van der Waals surface area (Å²) in [5, 5.41) is 3.03. The van der Waals surface area contributed by atoms with Crippen molar-refractivity contribution in [2.24, 2.45) is 11.7 Å². The van der Waals surface area contributed by atoms with Crippen molar-refractivity contribution in [1.29, 1.82) is 0 Å². The van der Waals surface area contributed by atoms with Crippen molar-refractivity contribution < 1.29 is 9.53 Å². The lowest BCUT2D eigenvalue weighted by Gasteiger charge is -2.26. The minimum atomic E-state index is 0. The minimum absolute atomic E-state index is 0. The zero-order valence-corrected chi connectivity index (χ0v) is 16.1. The van der Waals surface area contributed by atoms with Crippen LogP contribution in [0.2, 0.25) is 0 Å². The summed E-state index contributed by atoms with van der Waals surface area (Å²) < 4.78 is 5.38. The summed E-state index contributed by atoms with van der Waals surface area (Å²) in [5.74, 6) is 0.419. The highest BCUT2D eigenvalue weighted by molar-refractivity contribution is 5.91. The highest BCUT2D eigenvalue weighted by Crippen LogP contribution is 2.27. The molecule has 1 heterocycles. The number of carbonyl (C=O) groups is 1. The monoisotopic (exact) mass is 389 g/mol. The van der Waals surface area contributed by atoms with Crippen LogP contribution in [0.25, 0.3) is 0 Å². The number of anilines is 1. The molecule has 1 aliphatic heterocycles. The van der Waals surface area contributed by atoms with Gasteiger partial charge in [-0.15, -0.1) is 24.8 Å². The normalized spacial score (nSPS) is 23.4. The summed E-state index contributed by atoms with van der Waals surface area (Å²) in [4.78, 5) is 14.6. The van der Waals surface area contributed by atoms with E-state index in [1.807, 2.05) is 12.1 Å². The van der Waals surface area contributed by atoms with Gasteiger partial charge in [0.15, 0.2) is 0 Å². The van der Waals surface area contributed by atoms with Crippen molar-refractivity contribution in [3.63, 3.8) is 0 Å². The van der Waals surface area contributed by atoms with E-state index < -0.39 is 0 Å². The molecule has 1 aromatic carbocycles. The third-order valence-electron chi connectivity index (χ3n) is 4.89. The van der Waals surface area contributed by atoms with Crippen molar-refractivity contribution >= 4 is 36.4 Å². The maximum atomic E-state index is 12.2. The molecule has 5 nitrogen and oxygen atoms in total. The molecular weight excluding hydrogens is 361 g/mol.